The summed E-state index contributed by atoms with van der Waals surface area (Å²) in [5.74, 6) is -9.15. The first-order valence-corrected chi connectivity index (χ1v) is 11.9. The molecule has 3 atom stereocenters. The molecule has 0 saturated heterocycles. The molecule has 37 heavy (non-hydrogen) atoms. The molecule has 0 aromatic heterocycles. The molecule has 1 fully saturated rings. The van der Waals surface area contributed by atoms with Crippen molar-refractivity contribution >= 4 is 23.4 Å². The molecule has 6 nitrogen and oxygen atoms in total. The Hall–Kier alpha value is -3.50. The van der Waals surface area contributed by atoms with E-state index in [2.05, 4.69) is 10.6 Å². The van der Waals surface area contributed by atoms with Gasteiger partial charge in [0.2, 0.25) is 17.7 Å². The highest BCUT2D eigenvalue weighted by atomic mass is 19.4. The molecule has 4 N–H and O–H groups in total. The molecule has 1 heterocycles. The second-order valence-corrected chi connectivity index (χ2v) is 9.70. The first-order chi connectivity index (χ1) is 17.3. The first kappa shape index (κ1) is 26.6. The lowest BCUT2D eigenvalue weighted by Gasteiger charge is -2.38. The number of rotatable bonds is 8. The van der Waals surface area contributed by atoms with Gasteiger partial charge in [0, 0.05) is 42.3 Å². The van der Waals surface area contributed by atoms with E-state index in [0.717, 1.165) is 0 Å². The Bertz CT molecular complexity index is 1190. The lowest BCUT2D eigenvalue weighted by Crippen LogP contribution is -2.46. The van der Waals surface area contributed by atoms with Crippen molar-refractivity contribution in [3.63, 3.8) is 0 Å². The van der Waals surface area contributed by atoms with Crippen LogP contribution in [0.15, 0.2) is 48.5 Å². The number of nitrogens with one attached hydrogen (secondary N) is 2. The third-order valence-corrected chi connectivity index (χ3v) is 6.98. The molecule has 2 aromatic carbocycles. The van der Waals surface area contributed by atoms with Crippen molar-refractivity contribution in [1.82, 2.24) is 5.32 Å². The largest absolute Gasteiger partial charge is 0.389 e. The average Bonchev–Trinajstić information content (AvgIpc) is 2.91. The predicted octanol–water partition coefficient (Wildman–Crippen LogP) is 4.96. The van der Waals surface area contributed by atoms with E-state index in [1.54, 1.807) is 48.5 Å². The van der Waals surface area contributed by atoms with E-state index in [9.17, 15) is 36.3 Å². The molecular weight excluding hydrogens is 497 g/mol. The number of alkyl halides is 5. The molecule has 1 aliphatic heterocycles. The van der Waals surface area contributed by atoms with E-state index in [4.69, 9.17) is 5.73 Å². The third-order valence-electron chi connectivity index (χ3n) is 6.98. The fraction of sp³-hybridized carbons (Fsp3) is 0.423. The van der Waals surface area contributed by atoms with Gasteiger partial charge in [-0.05, 0) is 36.0 Å². The van der Waals surface area contributed by atoms with E-state index < -0.39 is 79.3 Å². The predicted molar refractivity (Wildman–Crippen MR) is 125 cm³/mol. The van der Waals surface area contributed by atoms with E-state index in [1.807, 2.05) is 0 Å². The molecule has 0 spiro atoms. The summed E-state index contributed by atoms with van der Waals surface area (Å²) in [6.45, 7) is 0. The second kappa shape index (κ2) is 10.1. The van der Waals surface area contributed by atoms with Crippen LogP contribution in [0.2, 0.25) is 0 Å². The number of anilines is 1. The summed E-state index contributed by atoms with van der Waals surface area (Å²) in [7, 11) is 0. The van der Waals surface area contributed by atoms with Crippen molar-refractivity contribution in [1.29, 1.82) is 0 Å². The highest BCUT2D eigenvalue weighted by Crippen LogP contribution is 2.46. The van der Waals surface area contributed by atoms with Gasteiger partial charge >= 0.3 is 6.18 Å². The first-order valence-electron chi connectivity index (χ1n) is 11.9. The fourth-order valence-electron chi connectivity index (χ4n) is 5.18. The van der Waals surface area contributed by atoms with Gasteiger partial charge in [-0.1, -0.05) is 42.5 Å². The summed E-state index contributed by atoms with van der Waals surface area (Å²) >= 11 is 0. The highest BCUT2D eigenvalue weighted by molar-refractivity contribution is 6.05. The maximum absolute atomic E-state index is 13.4. The molecule has 2 aromatic rings. The normalized spacial score (nSPS) is 20.4. The van der Waals surface area contributed by atoms with E-state index in [-0.39, 0.29) is 6.42 Å². The number of carbonyl (C=O) groups is 3. The van der Waals surface area contributed by atoms with Crippen LogP contribution in [0, 0.1) is 17.8 Å². The zero-order valence-electron chi connectivity index (χ0n) is 19.7. The number of benzene rings is 2. The van der Waals surface area contributed by atoms with Crippen LogP contribution in [0.1, 0.15) is 43.7 Å². The Labute approximate surface area is 209 Å². The van der Waals surface area contributed by atoms with Crippen LogP contribution in [-0.4, -0.2) is 29.8 Å². The molecule has 0 bridgehead atoms. The molecule has 4 rings (SSSR count). The highest BCUT2D eigenvalue weighted by Gasteiger charge is 2.48. The van der Waals surface area contributed by atoms with Crippen molar-refractivity contribution in [3.05, 3.63) is 54.1 Å². The molecule has 0 radical (unpaired) electrons. The van der Waals surface area contributed by atoms with Crippen LogP contribution in [0.3, 0.4) is 0 Å². The zero-order valence-corrected chi connectivity index (χ0v) is 19.7. The van der Waals surface area contributed by atoms with Crippen LogP contribution in [-0.2, 0) is 14.4 Å². The molecule has 11 heteroatoms. The molecule has 3 unspecified atom stereocenters. The molecule has 1 saturated carbocycles. The quantitative estimate of drug-likeness (QED) is 0.427. The van der Waals surface area contributed by atoms with Gasteiger partial charge in [0.1, 0.15) is 6.04 Å². The van der Waals surface area contributed by atoms with Gasteiger partial charge in [0.15, 0.2) is 0 Å². The van der Waals surface area contributed by atoms with Crippen LogP contribution in [0.4, 0.5) is 27.6 Å². The van der Waals surface area contributed by atoms with Gasteiger partial charge in [-0.15, -0.1) is 0 Å². The number of fused-ring (bicyclic) bond motifs is 3. The van der Waals surface area contributed by atoms with E-state index in [0.29, 0.717) is 22.4 Å². The van der Waals surface area contributed by atoms with Crippen molar-refractivity contribution in [3.8, 4) is 11.1 Å². The van der Waals surface area contributed by atoms with Gasteiger partial charge in [-0.2, -0.15) is 13.2 Å². The molecule has 2 aliphatic rings. The number of amides is 3. The Morgan fingerprint density at radius 1 is 1.03 bits per heavy atom. The van der Waals surface area contributed by atoms with Crippen LogP contribution < -0.4 is 16.4 Å². The Morgan fingerprint density at radius 2 is 1.65 bits per heavy atom. The standard InChI is InChI=1S/C26H26F5N3O3/c27-25(28)12-14(13-25)11-19(22(32)35)18(9-10-26(29,30)31)23(36)34-21-17-7-2-1-5-15(17)16-6-3-4-8-20(16)33-24(21)37/h1-8,14,18-19,21H,9-13H2,(H2,32,35)(H,33,37)(H,34,36). The summed E-state index contributed by atoms with van der Waals surface area (Å²) in [4.78, 5) is 38.8. The summed E-state index contributed by atoms with van der Waals surface area (Å²) in [5, 5.41) is 5.25. The third kappa shape index (κ3) is 6.08. The zero-order chi connectivity index (χ0) is 27.0. The molecule has 3 amide bonds. The minimum atomic E-state index is -4.63. The Kier molecular flexibility index (Phi) is 7.25. The van der Waals surface area contributed by atoms with Gasteiger partial charge < -0.3 is 16.4 Å². The topological polar surface area (TPSA) is 101 Å². The fourth-order valence-corrected chi connectivity index (χ4v) is 5.18. The number of halogens is 5. The number of hydrogen-bond acceptors (Lipinski definition) is 3. The number of hydrogen-bond donors (Lipinski definition) is 3. The number of para-hydroxylation sites is 1. The van der Waals surface area contributed by atoms with Crippen LogP contribution in [0.25, 0.3) is 11.1 Å². The van der Waals surface area contributed by atoms with Gasteiger partial charge in [0.05, 0.1) is 0 Å². The second-order valence-electron chi connectivity index (χ2n) is 9.70. The molecule has 1 aliphatic carbocycles. The Morgan fingerprint density at radius 3 is 2.27 bits per heavy atom. The van der Waals surface area contributed by atoms with Gasteiger partial charge in [-0.3, -0.25) is 14.4 Å². The summed E-state index contributed by atoms with van der Waals surface area (Å²) in [5.41, 5.74) is 7.70. The van der Waals surface area contributed by atoms with Crippen molar-refractivity contribution in [2.45, 2.75) is 50.2 Å². The average molecular weight is 524 g/mol. The summed E-state index contributed by atoms with van der Waals surface area (Å²) in [6, 6.07) is 12.4. The smallest absolute Gasteiger partial charge is 0.369 e. The minimum absolute atomic E-state index is 0.236. The summed E-state index contributed by atoms with van der Waals surface area (Å²) < 4.78 is 66.0. The van der Waals surface area contributed by atoms with Gasteiger partial charge in [0.25, 0.3) is 5.91 Å². The van der Waals surface area contributed by atoms with Gasteiger partial charge in [-0.25, -0.2) is 8.78 Å². The monoisotopic (exact) mass is 523 g/mol. The number of nitrogens with two attached hydrogens (primary N) is 1. The molecular formula is C26H26F5N3O3. The van der Waals surface area contributed by atoms with E-state index in [1.165, 1.54) is 0 Å². The minimum Gasteiger partial charge on any atom is -0.369 e. The maximum atomic E-state index is 13.4. The van der Waals surface area contributed by atoms with Crippen molar-refractivity contribution in [2.75, 3.05) is 5.32 Å². The van der Waals surface area contributed by atoms with Crippen molar-refractivity contribution < 1.29 is 36.3 Å². The Balaban J connectivity index is 1.63. The number of primary amides is 1. The lowest BCUT2D eigenvalue weighted by molar-refractivity contribution is -0.149. The van der Waals surface area contributed by atoms with Crippen LogP contribution >= 0.6 is 0 Å². The SMILES string of the molecule is NC(=O)C(CC1CC(F)(F)C1)C(CCC(F)(F)F)C(=O)NC1C(=O)Nc2ccccc2-c2ccccc21. The van der Waals surface area contributed by atoms with Crippen LogP contribution in [0.5, 0.6) is 0 Å². The number of carbonyl (C=O) groups excluding carboxylic acids is 3. The van der Waals surface area contributed by atoms with Crippen molar-refractivity contribution in [2.24, 2.45) is 23.5 Å². The van der Waals surface area contributed by atoms with E-state index >= 15 is 0 Å². The summed E-state index contributed by atoms with van der Waals surface area (Å²) in [6.07, 6.45) is -8.07. The molecule has 198 valence electrons. The maximum Gasteiger partial charge on any atom is 0.389 e. The lowest BCUT2D eigenvalue weighted by atomic mass is 9.72.